The summed E-state index contributed by atoms with van der Waals surface area (Å²) in [5.41, 5.74) is 2.85. The van der Waals surface area contributed by atoms with Crippen LogP contribution in [0.3, 0.4) is 0 Å². The van der Waals surface area contributed by atoms with Gasteiger partial charge in [-0.25, -0.2) is 4.79 Å². The Labute approximate surface area is 252 Å². The average molecular weight is 565 g/mol. The van der Waals surface area contributed by atoms with Crippen molar-refractivity contribution in [2.24, 2.45) is 0 Å². The van der Waals surface area contributed by atoms with Gasteiger partial charge >= 0.3 is 5.97 Å². The van der Waals surface area contributed by atoms with Crippen LogP contribution < -0.4 is 4.74 Å². The molecule has 3 nitrogen and oxygen atoms in total. The van der Waals surface area contributed by atoms with Gasteiger partial charge in [0.1, 0.15) is 5.75 Å². The summed E-state index contributed by atoms with van der Waals surface area (Å²) in [6.45, 7) is 9.64. The van der Waals surface area contributed by atoms with Crippen LogP contribution in [0.25, 0.3) is 0 Å². The van der Waals surface area contributed by atoms with Gasteiger partial charge in [-0.1, -0.05) is 147 Å². The lowest BCUT2D eigenvalue weighted by molar-refractivity contribution is 0.0626. The van der Waals surface area contributed by atoms with Gasteiger partial charge in [0.25, 0.3) is 0 Å². The van der Waals surface area contributed by atoms with Crippen molar-refractivity contribution in [3.05, 3.63) is 65.2 Å². The summed E-state index contributed by atoms with van der Waals surface area (Å²) in [7, 11) is 0. The lowest BCUT2D eigenvalue weighted by Gasteiger charge is -2.20. The van der Waals surface area contributed by atoms with Crippen LogP contribution in [-0.2, 0) is 4.74 Å². The first-order valence-electron chi connectivity index (χ1n) is 17.1. The van der Waals surface area contributed by atoms with Gasteiger partial charge < -0.3 is 9.47 Å². The van der Waals surface area contributed by atoms with Gasteiger partial charge in [-0.2, -0.15) is 0 Å². The first-order chi connectivity index (χ1) is 20.1. The van der Waals surface area contributed by atoms with Gasteiger partial charge in [-0.15, -0.1) is 0 Å². The highest BCUT2D eigenvalue weighted by atomic mass is 16.5. The molecule has 0 spiro atoms. The topological polar surface area (TPSA) is 35.5 Å². The summed E-state index contributed by atoms with van der Waals surface area (Å²) < 4.78 is 12.1. The monoisotopic (exact) mass is 564 g/mol. The Kier molecular flexibility index (Phi) is 19.2. The van der Waals surface area contributed by atoms with Crippen LogP contribution in [0.15, 0.2) is 48.5 Å². The molecule has 2 rings (SSSR count). The van der Waals surface area contributed by atoms with E-state index in [2.05, 4.69) is 39.8 Å². The number of unbranched alkanes of at least 4 members (excludes halogenated alkanes) is 13. The molecule has 230 valence electrons. The zero-order valence-electron chi connectivity index (χ0n) is 26.9. The van der Waals surface area contributed by atoms with E-state index in [4.69, 9.17) is 9.47 Å². The number of ether oxygens (including phenoxy) is 2. The first kappa shape index (κ1) is 35.1. The van der Waals surface area contributed by atoms with Crippen molar-refractivity contribution >= 4 is 5.97 Å². The number of rotatable bonds is 24. The summed E-state index contributed by atoms with van der Waals surface area (Å²) in [5, 5.41) is 0. The molecule has 0 N–H and O–H groups in total. The van der Waals surface area contributed by atoms with Gasteiger partial charge in [-0.05, 0) is 61.4 Å². The predicted molar refractivity (Wildman–Crippen MR) is 175 cm³/mol. The summed E-state index contributed by atoms with van der Waals surface area (Å²) in [6.07, 6.45) is 23.1. The minimum atomic E-state index is -0.289. The fourth-order valence-electron chi connectivity index (χ4n) is 5.70. The SMILES string of the molecule is CCCCCCCCCCCC(CCC)c1ccccc1OC(=O)c1ccc(C(C)OCCCCCCCC)cc1. The molecule has 0 aliphatic rings. The molecule has 2 aromatic carbocycles. The molecule has 2 unspecified atom stereocenters. The maximum absolute atomic E-state index is 13.1. The third kappa shape index (κ3) is 14.5. The van der Waals surface area contributed by atoms with Crippen LogP contribution in [-0.4, -0.2) is 12.6 Å². The normalized spacial score (nSPS) is 12.8. The van der Waals surface area contributed by atoms with E-state index in [9.17, 15) is 4.79 Å². The Morgan fingerprint density at radius 1 is 0.634 bits per heavy atom. The highest BCUT2D eigenvalue weighted by Gasteiger charge is 2.18. The van der Waals surface area contributed by atoms with Crippen LogP contribution in [0.2, 0.25) is 0 Å². The Morgan fingerprint density at radius 2 is 1.20 bits per heavy atom. The number of carbonyl (C=O) groups is 1. The molecule has 41 heavy (non-hydrogen) atoms. The molecule has 0 bridgehead atoms. The van der Waals surface area contributed by atoms with Crippen molar-refractivity contribution in [1.82, 2.24) is 0 Å². The van der Waals surface area contributed by atoms with Crippen LogP contribution in [0, 0.1) is 0 Å². The Morgan fingerprint density at radius 3 is 1.80 bits per heavy atom. The second kappa shape index (κ2) is 22.5. The largest absolute Gasteiger partial charge is 0.423 e. The molecule has 2 aromatic rings. The molecule has 0 saturated heterocycles. The highest BCUT2D eigenvalue weighted by Crippen LogP contribution is 2.34. The molecular formula is C38H60O3. The Bertz CT molecular complexity index is 919. The van der Waals surface area contributed by atoms with Crippen molar-refractivity contribution in [1.29, 1.82) is 0 Å². The molecule has 0 radical (unpaired) electrons. The molecule has 0 saturated carbocycles. The van der Waals surface area contributed by atoms with Crippen LogP contribution in [0.5, 0.6) is 5.75 Å². The molecule has 3 heteroatoms. The minimum Gasteiger partial charge on any atom is -0.423 e. The average Bonchev–Trinajstić information content (AvgIpc) is 2.99. The number of benzene rings is 2. The van der Waals surface area contributed by atoms with Gasteiger partial charge in [0, 0.05) is 6.61 Å². The highest BCUT2D eigenvalue weighted by molar-refractivity contribution is 5.91. The summed E-state index contributed by atoms with van der Waals surface area (Å²) in [4.78, 5) is 13.1. The molecule has 0 aromatic heterocycles. The van der Waals surface area contributed by atoms with Crippen molar-refractivity contribution in [3.63, 3.8) is 0 Å². The van der Waals surface area contributed by atoms with E-state index < -0.39 is 0 Å². The van der Waals surface area contributed by atoms with Crippen molar-refractivity contribution in [2.45, 2.75) is 155 Å². The predicted octanol–water partition coefficient (Wildman–Crippen LogP) is 12.1. The first-order valence-corrected chi connectivity index (χ1v) is 17.1. The quantitative estimate of drug-likeness (QED) is 0.0722. The fraction of sp³-hybridized carbons (Fsp3) is 0.658. The summed E-state index contributed by atoms with van der Waals surface area (Å²) in [6, 6.07) is 15.9. The van der Waals surface area contributed by atoms with E-state index in [1.165, 1.54) is 95.5 Å². The number of carbonyl (C=O) groups excluding carboxylic acids is 1. The van der Waals surface area contributed by atoms with Gasteiger partial charge in [0.2, 0.25) is 0 Å². The molecule has 0 aliphatic heterocycles. The standard InChI is InChI=1S/C38H60O3/c1-5-8-10-12-14-15-16-17-19-24-34(23-7-3)36-25-20-21-26-37(36)41-38(39)35-29-27-33(28-30-35)32(4)40-31-22-18-13-11-9-6-2/h20-21,25-30,32,34H,5-19,22-24,31H2,1-4H3. The van der Waals surface area contributed by atoms with Crippen LogP contribution >= 0.6 is 0 Å². The van der Waals surface area contributed by atoms with E-state index in [0.29, 0.717) is 17.2 Å². The lowest BCUT2D eigenvalue weighted by Crippen LogP contribution is -2.12. The van der Waals surface area contributed by atoms with Crippen molar-refractivity contribution in [2.75, 3.05) is 6.61 Å². The summed E-state index contributed by atoms with van der Waals surface area (Å²) in [5.74, 6) is 0.857. The molecule has 2 atom stereocenters. The molecular weight excluding hydrogens is 504 g/mol. The second-order valence-electron chi connectivity index (χ2n) is 11.9. The van der Waals surface area contributed by atoms with Crippen molar-refractivity contribution < 1.29 is 14.3 Å². The van der Waals surface area contributed by atoms with E-state index in [1.54, 1.807) is 0 Å². The maximum Gasteiger partial charge on any atom is 0.343 e. The van der Waals surface area contributed by atoms with E-state index in [0.717, 1.165) is 37.9 Å². The third-order valence-corrected chi connectivity index (χ3v) is 8.34. The van der Waals surface area contributed by atoms with E-state index in [1.807, 2.05) is 36.4 Å². The Hall–Kier alpha value is -2.13. The third-order valence-electron chi connectivity index (χ3n) is 8.34. The zero-order valence-corrected chi connectivity index (χ0v) is 26.9. The molecule has 0 fully saturated rings. The van der Waals surface area contributed by atoms with Gasteiger partial charge in [0.05, 0.1) is 11.7 Å². The fourth-order valence-corrected chi connectivity index (χ4v) is 5.70. The maximum atomic E-state index is 13.1. The number of hydrogen-bond donors (Lipinski definition) is 0. The van der Waals surface area contributed by atoms with E-state index >= 15 is 0 Å². The minimum absolute atomic E-state index is 0.0206. The molecule has 0 heterocycles. The Balaban J connectivity index is 1.85. The molecule has 0 amide bonds. The number of hydrogen-bond acceptors (Lipinski definition) is 3. The van der Waals surface area contributed by atoms with Gasteiger partial charge in [0.15, 0.2) is 0 Å². The van der Waals surface area contributed by atoms with E-state index in [-0.39, 0.29) is 12.1 Å². The summed E-state index contributed by atoms with van der Waals surface area (Å²) >= 11 is 0. The van der Waals surface area contributed by atoms with Gasteiger partial charge in [-0.3, -0.25) is 0 Å². The molecule has 0 aliphatic carbocycles. The van der Waals surface area contributed by atoms with Crippen LogP contribution in [0.1, 0.15) is 177 Å². The lowest BCUT2D eigenvalue weighted by atomic mass is 9.88. The number of para-hydroxylation sites is 1. The number of esters is 1. The smallest absolute Gasteiger partial charge is 0.343 e. The van der Waals surface area contributed by atoms with Crippen LogP contribution in [0.4, 0.5) is 0 Å². The zero-order chi connectivity index (χ0) is 29.5. The van der Waals surface area contributed by atoms with Crippen molar-refractivity contribution in [3.8, 4) is 5.75 Å². The second-order valence-corrected chi connectivity index (χ2v) is 11.9.